The van der Waals surface area contributed by atoms with Crippen LogP contribution in [-0.2, 0) is 0 Å². The molecule has 0 aromatic carbocycles. The van der Waals surface area contributed by atoms with E-state index in [4.69, 9.17) is 0 Å². The van der Waals surface area contributed by atoms with Crippen molar-refractivity contribution in [3.63, 3.8) is 0 Å². The fraction of sp³-hybridized carbons (Fsp3) is 0.926. The Hall–Kier alpha value is -0.300. The van der Waals surface area contributed by atoms with Crippen molar-refractivity contribution in [1.82, 2.24) is 0 Å². The highest BCUT2D eigenvalue weighted by molar-refractivity contribution is 5.11. The summed E-state index contributed by atoms with van der Waals surface area (Å²) in [5.41, 5.74) is 1.09. The van der Waals surface area contributed by atoms with Crippen molar-refractivity contribution >= 4 is 0 Å². The molecule has 1 nitrogen and oxygen atoms in total. The zero-order chi connectivity index (χ0) is 20.1. The second kappa shape index (κ2) is 7.75. The van der Waals surface area contributed by atoms with Crippen molar-refractivity contribution in [2.24, 2.45) is 52.3 Å². The van der Waals surface area contributed by atoms with E-state index in [1.165, 1.54) is 51.4 Å². The Kier molecular flexibility index (Phi) is 5.80. The number of aliphatic hydroxyl groups excluding tert-OH is 1. The van der Waals surface area contributed by atoms with Gasteiger partial charge in [0.05, 0.1) is 6.10 Å². The lowest BCUT2D eigenvalue weighted by molar-refractivity contribution is -0.128. The topological polar surface area (TPSA) is 20.2 Å². The summed E-state index contributed by atoms with van der Waals surface area (Å²) >= 11 is 0. The van der Waals surface area contributed by atoms with Gasteiger partial charge in [0.15, 0.2) is 0 Å². The lowest BCUT2D eigenvalue weighted by Crippen LogP contribution is -2.54. The Balaban J connectivity index is 1.50. The minimum Gasteiger partial charge on any atom is -0.393 e. The lowest BCUT2D eigenvalue weighted by Gasteiger charge is -2.61. The van der Waals surface area contributed by atoms with Crippen LogP contribution in [0.15, 0.2) is 12.2 Å². The van der Waals surface area contributed by atoms with Crippen LogP contribution >= 0.6 is 0 Å². The van der Waals surface area contributed by atoms with Crippen LogP contribution in [0.2, 0.25) is 0 Å². The summed E-state index contributed by atoms with van der Waals surface area (Å²) in [6, 6.07) is 0. The number of fused-ring (bicyclic) bond motifs is 5. The molecule has 0 radical (unpaired) electrons. The van der Waals surface area contributed by atoms with E-state index >= 15 is 0 Å². The predicted molar refractivity (Wildman–Crippen MR) is 119 cm³/mol. The van der Waals surface area contributed by atoms with E-state index in [1.807, 2.05) is 0 Å². The molecule has 0 heterocycles. The molecular formula is C27H46O. The minimum atomic E-state index is -0.0159. The van der Waals surface area contributed by atoms with E-state index < -0.39 is 0 Å². The van der Waals surface area contributed by atoms with Crippen LogP contribution in [0.3, 0.4) is 0 Å². The standard InChI is InChI=1S/C27H46O/c1-18(2)7-6-8-19(3)23-11-12-24-22-10-9-20-17-21(28)13-15-26(20,4)25(22)14-16-27(23,24)5/h6,8,18-25,28H,7,9-17H2,1-5H3/b8-6+/t19-,20+,21-,22+,23-,24+,25+,26+,27-/m1/s1. The fourth-order valence-electron chi connectivity index (χ4n) is 8.84. The predicted octanol–water partition coefficient (Wildman–Crippen LogP) is 7.24. The van der Waals surface area contributed by atoms with Crippen molar-refractivity contribution in [2.45, 2.75) is 105 Å². The van der Waals surface area contributed by atoms with Crippen LogP contribution in [0.25, 0.3) is 0 Å². The molecule has 4 saturated carbocycles. The van der Waals surface area contributed by atoms with Gasteiger partial charge in [-0.3, -0.25) is 0 Å². The first kappa shape index (κ1) is 21.0. The zero-order valence-corrected chi connectivity index (χ0v) is 19.3. The Morgan fingerprint density at radius 2 is 1.61 bits per heavy atom. The SMILES string of the molecule is CC(C)C/C=C/[C@@H](C)[C@H]1CC[C@H]2[C@@H]3CC[C@H]4C[C@H](O)CC[C@]4(C)[C@H]3CC[C@]12C. The highest BCUT2D eigenvalue weighted by Gasteiger charge is 2.60. The molecule has 1 N–H and O–H groups in total. The first-order valence-corrected chi connectivity index (χ1v) is 12.6. The first-order valence-electron chi connectivity index (χ1n) is 12.6. The Bertz CT molecular complexity index is 579. The van der Waals surface area contributed by atoms with Crippen molar-refractivity contribution in [3.8, 4) is 0 Å². The van der Waals surface area contributed by atoms with Crippen molar-refractivity contribution in [2.75, 3.05) is 0 Å². The molecule has 160 valence electrons. The van der Waals surface area contributed by atoms with Crippen molar-refractivity contribution < 1.29 is 5.11 Å². The molecule has 9 atom stereocenters. The molecular weight excluding hydrogens is 340 g/mol. The maximum atomic E-state index is 10.2. The van der Waals surface area contributed by atoms with Crippen LogP contribution in [0.4, 0.5) is 0 Å². The Morgan fingerprint density at radius 1 is 0.893 bits per heavy atom. The molecule has 0 unspecified atom stereocenters. The molecule has 1 heteroatoms. The summed E-state index contributed by atoms with van der Waals surface area (Å²) in [6.07, 6.45) is 18.3. The molecule has 0 aromatic heterocycles. The van der Waals surface area contributed by atoms with E-state index in [-0.39, 0.29) is 6.10 Å². The Labute approximate surface area is 174 Å². The average Bonchev–Trinajstić information content (AvgIpc) is 2.99. The van der Waals surface area contributed by atoms with E-state index in [0.29, 0.717) is 10.8 Å². The van der Waals surface area contributed by atoms with Gasteiger partial charge in [-0.05, 0) is 116 Å². The summed E-state index contributed by atoms with van der Waals surface area (Å²) < 4.78 is 0. The normalized spacial score (nSPS) is 49.7. The minimum absolute atomic E-state index is 0.0159. The molecule has 0 aromatic rings. The number of rotatable bonds is 4. The molecule has 0 spiro atoms. The monoisotopic (exact) mass is 386 g/mol. The van der Waals surface area contributed by atoms with Gasteiger partial charge < -0.3 is 5.11 Å². The third-order valence-electron chi connectivity index (χ3n) is 10.4. The lowest BCUT2D eigenvalue weighted by atomic mass is 9.44. The second-order valence-electron chi connectivity index (χ2n) is 12.2. The highest BCUT2D eigenvalue weighted by Crippen LogP contribution is 2.68. The van der Waals surface area contributed by atoms with Crippen molar-refractivity contribution in [1.29, 1.82) is 0 Å². The van der Waals surface area contributed by atoms with Crippen LogP contribution in [0, 0.1) is 52.3 Å². The molecule has 0 saturated heterocycles. The summed E-state index contributed by atoms with van der Waals surface area (Å²) in [6.45, 7) is 12.4. The third kappa shape index (κ3) is 3.42. The van der Waals surface area contributed by atoms with Gasteiger partial charge in [0.2, 0.25) is 0 Å². The average molecular weight is 387 g/mol. The van der Waals surface area contributed by atoms with Crippen molar-refractivity contribution in [3.05, 3.63) is 12.2 Å². The summed E-state index contributed by atoms with van der Waals surface area (Å²) in [5.74, 6) is 6.05. The van der Waals surface area contributed by atoms with Crippen LogP contribution in [0.5, 0.6) is 0 Å². The fourth-order valence-corrected chi connectivity index (χ4v) is 8.84. The van der Waals surface area contributed by atoms with Crippen LogP contribution in [-0.4, -0.2) is 11.2 Å². The van der Waals surface area contributed by atoms with Gasteiger partial charge >= 0.3 is 0 Å². The number of hydrogen-bond donors (Lipinski definition) is 1. The molecule has 4 rings (SSSR count). The van der Waals surface area contributed by atoms with E-state index in [9.17, 15) is 5.11 Å². The zero-order valence-electron chi connectivity index (χ0n) is 19.3. The largest absolute Gasteiger partial charge is 0.393 e. The summed E-state index contributed by atoms with van der Waals surface area (Å²) in [5, 5.41) is 10.2. The van der Waals surface area contributed by atoms with Gasteiger partial charge in [0.25, 0.3) is 0 Å². The first-order chi connectivity index (χ1) is 13.3. The quantitative estimate of drug-likeness (QED) is 0.505. The molecule has 0 aliphatic heterocycles. The number of hydrogen-bond acceptors (Lipinski definition) is 1. The van der Waals surface area contributed by atoms with Crippen LogP contribution in [0.1, 0.15) is 98.8 Å². The third-order valence-corrected chi connectivity index (χ3v) is 10.4. The molecule has 4 fully saturated rings. The summed E-state index contributed by atoms with van der Waals surface area (Å²) in [7, 11) is 0. The van der Waals surface area contributed by atoms with Gasteiger partial charge in [-0.25, -0.2) is 0 Å². The maximum Gasteiger partial charge on any atom is 0.0543 e. The smallest absolute Gasteiger partial charge is 0.0543 e. The van der Waals surface area contributed by atoms with Gasteiger partial charge in [0.1, 0.15) is 0 Å². The Morgan fingerprint density at radius 3 is 2.36 bits per heavy atom. The molecule has 4 aliphatic carbocycles. The van der Waals surface area contributed by atoms with E-state index in [2.05, 4.69) is 46.8 Å². The van der Waals surface area contributed by atoms with Crippen LogP contribution < -0.4 is 0 Å². The highest BCUT2D eigenvalue weighted by atomic mass is 16.3. The van der Waals surface area contributed by atoms with E-state index in [1.54, 1.807) is 0 Å². The maximum absolute atomic E-state index is 10.2. The van der Waals surface area contributed by atoms with E-state index in [0.717, 1.165) is 54.3 Å². The van der Waals surface area contributed by atoms with Gasteiger partial charge in [-0.1, -0.05) is 46.8 Å². The number of allylic oxidation sites excluding steroid dienone is 2. The molecule has 4 aliphatic rings. The van der Waals surface area contributed by atoms with Gasteiger partial charge in [-0.15, -0.1) is 0 Å². The molecule has 0 bridgehead atoms. The molecule has 0 amide bonds. The summed E-state index contributed by atoms with van der Waals surface area (Å²) in [4.78, 5) is 0. The van der Waals surface area contributed by atoms with Gasteiger partial charge in [-0.2, -0.15) is 0 Å². The number of aliphatic hydroxyl groups is 1. The van der Waals surface area contributed by atoms with Gasteiger partial charge in [0, 0.05) is 0 Å². The second-order valence-corrected chi connectivity index (χ2v) is 12.2. The molecule has 28 heavy (non-hydrogen) atoms.